The smallest absolute Gasteiger partial charge is 0.220 e. The van der Waals surface area contributed by atoms with Crippen molar-refractivity contribution in [2.75, 3.05) is 19.1 Å². The van der Waals surface area contributed by atoms with E-state index in [4.69, 9.17) is 25.9 Å². The molecule has 1 aliphatic carbocycles. The van der Waals surface area contributed by atoms with Gasteiger partial charge in [-0.1, -0.05) is 18.6 Å². The maximum atomic E-state index is 6.36. The Bertz CT molecular complexity index is 963. The number of ether oxygens (including phenoxy) is 2. The SMILES string of the molecule is COc1ccc(-c2cccc(N3C(N)=NC(N)=NC34CCCCC4)c2)c(OC)c1. The molecule has 2 aromatic rings. The molecule has 0 bridgehead atoms. The lowest BCUT2D eigenvalue weighted by molar-refractivity contribution is 0.305. The molecule has 0 atom stereocenters. The van der Waals surface area contributed by atoms with Gasteiger partial charge < -0.3 is 20.9 Å². The fourth-order valence-corrected chi connectivity index (χ4v) is 4.34. The topological polar surface area (TPSA) is 98.5 Å². The van der Waals surface area contributed by atoms with E-state index in [2.05, 4.69) is 17.1 Å². The predicted molar refractivity (Wildman–Crippen MR) is 117 cm³/mol. The van der Waals surface area contributed by atoms with Crippen LogP contribution < -0.4 is 25.8 Å². The van der Waals surface area contributed by atoms with Gasteiger partial charge >= 0.3 is 0 Å². The van der Waals surface area contributed by atoms with Crippen LogP contribution in [0.3, 0.4) is 0 Å². The largest absolute Gasteiger partial charge is 0.497 e. The number of rotatable bonds is 4. The highest BCUT2D eigenvalue weighted by molar-refractivity contribution is 6.05. The minimum atomic E-state index is -0.462. The average Bonchev–Trinajstić information content (AvgIpc) is 2.73. The summed E-state index contributed by atoms with van der Waals surface area (Å²) in [5.41, 5.74) is 14.8. The minimum Gasteiger partial charge on any atom is -0.497 e. The molecule has 1 fully saturated rings. The molecule has 1 saturated carbocycles. The normalized spacial score (nSPS) is 18.2. The summed E-state index contributed by atoms with van der Waals surface area (Å²) in [6.45, 7) is 0. The van der Waals surface area contributed by atoms with Crippen LogP contribution in [0, 0.1) is 0 Å². The van der Waals surface area contributed by atoms with Crippen molar-refractivity contribution in [1.82, 2.24) is 0 Å². The quantitative estimate of drug-likeness (QED) is 0.829. The molecule has 4 N–H and O–H groups in total. The van der Waals surface area contributed by atoms with Gasteiger partial charge in [-0.05, 0) is 55.5 Å². The van der Waals surface area contributed by atoms with Gasteiger partial charge in [0.25, 0.3) is 0 Å². The van der Waals surface area contributed by atoms with E-state index in [9.17, 15) is 0 Å². The van der Waals surface area contributed by atoms with Crippen LogP contribution in [-0.4, -0.2) is 31.8 Å². The standard InChI is InChI=1S/C22H27N5O2/c1-28-17-9-10-18(19(14-17)29-2)15-7-6-8-16(13-15)27-21(24)25-20(23)26-22(27)11-4-3-5-12-22/h6-10,13-14H,3-5,11-12H2,1-2H3,(H4,23,24,25,26). The van der Waals surface area contributed by atoms with Crippen LogP contribution >= 0.6 is 0 Å². The van der Waals surface area contributed by atoms with Gasteiger partial charge in [0, 0.05) is 17.3 Å². The molecule has 0 saturated heterocycles. The van der Waals surface area contributed by atoms with E-state index in [1.807, 2.05) is 35.2 Å². The average molecular weight is 393 g/mol. The van der Waals surface area contributed by atoms with Crippen molar-refractivity contribution >= 4 is 17.6 Å². The summed E-state index contributed by atoms with van der Waals surface area (Å²) in [5.74, 6) is 2.14. The second kappa shape index (κ2) is 7.66. The summed E-state index contributed by atoms with van der Waals surface area (Å²) in [6, 6.07) is 14.0. The molecule has 0 unspecified atom stereocenters. The number of hydrogen-bond donors (Lipinski definition) is 2. The first-order chi connectivity index (χ1) is 14.1. The van der Waals surface area contributed by atoms with Crippen LogP contribution in [0.2, 0.25) is 0 Å². The molecule has 152 valence electrons. The van der Waals surface area contributed by atoms with Crippen LogP contribution in [0.5, 0.6) is 11.5 Å². The van der Waals surface area contributed by atoms with Gasteiger partial charge in [0.05, 0.1) is 14.2 Å². The molecule has 1 heterocycles. The summed E-state index contributed by atoms with van der Waals surface area (Å²) in [6.07, 6.45) is 5.18. The maximum absolute atomic E-state index is 6.36. The van der Waals surface area contributed by atoms with E-state index in [0.29, 0.717) is 5.96 Å². The molecule has 0 aromatic heterocycles. The highest BCUT2D eigenvalue weighted by Crippen LogP contribution is 2.41. The molecule has 2 aromatic carbocycles. The minimum absolute atomic E-state index is 0.258. The van der Waals surface area contributed by atoms with Crippen molar-refractivity contribution in [3.8, 4) is 22.6 Å². The fraction of sp³-hybridized carbons (Fsp3) is 0.364. The Morgan fingerprint density at radius 2 is 1.76 bits per heavy atom. The van der Waals surface area contributed by atoms with Crippen LogP contribution in [0.15, 0.2) is 52.4 Å². The summed E-state index contributed by atoms with van der Waals surface area (Å²) in [7, 11) is 3.30. The zero-order chi connectivity index (χ0) is 20.4. The molecule has 0 radical (unpaired) electrons. The number of hydrogen-bond acceptors (Lipinski definition) is 7. The first-order valence-corrected chi connectivity index (χ1v) is 9.88. The third kappa shape index (κ3) is 3.48. The van der Waals surface area contributed by atoms with Crippen molar-refractivity contribution in [3.63, 3.8) is 0 Å². The van der Waals surface area contributed by atoms with E-state index in [0.717, 1.165) is 54.0 Å². The molecule has 29 heavy (non-hydrogen) atoms. The lowest BCUT2D eigenvalue weighted by Crippen LogP contribution is -2.58. The Hall–Kier alpha value is -3.22. The zero-order valence-corrected chi connectivity index (χ0v) is 16.9. The first-order valence-electron chi connectivity index (χ1n) is 9.88. The highest BCUT2D eigenvalue weighted by atomic mass is 16.5. The fourth-order valence-electron chi connectivity index (χ4n) is 4.34. The second-order valence-corrected chi connectivity index (χ2v) is 7.44. The van der Waals surface area contributed by atoms with Crippen molar-refractivity contribution < 1.29 is 9.47 Å². The molecular weight excluding hydrogens is 366 g/mol. The Morgan fingerprint density at radius 1 is 0.966 bits per heavy atom. The van der Waals surface area contributed by atoms with Gasteiger partial charge in [0.1, 0.15) is 17.2 Å². The third-order valence-corrected chi connectivity index (χ3v) is 5.68. The second-order valence-electron chi connectivity index (χ2n) is 7.44. The number of benzene rings is 2. The molecule has 1 spiro atoms. The van der Waals surface area contributed by atoms with Gasteiger partial charge in [0.2, 0.25) is 11.9 Å². The van der Waals surface area contributed by atoms with Crippen LogP contribution in [0.4, 0.5) is 5.69 Å². The van der Waals surface area contributed by atoms with Crippen molar-refractivity contribution in [1.29, 1.82) is 0 Å². The summed E-state index contributed by atoms with van der Waals surface area (Å²) >= 11 is 0. The van der Waals surface area contributed by atoms with Gasteiger partial charge in [0.15, 0.2) is 0 Å². The number of methoxy groups -OCH3 is 2. The molecule has 7 heteroatoms. The Morgan fingerprint density at radius 3 is 2.48 bits per heavy atom. The number of nitrogens with zero attached hydrogens (tertiary/aromatic N) is 3. The number of nitrogens with two attached hydrogens (primary N) is 2. The lowest BCUT2D eigenvalue weighted by atomic mass is 9.87. The number of aliphatic imine (C=N–C) groups is 2. The van der Waals surface area contributed by atoms with E-state index in [-0.39, 0.29) is 5.96 Å². The van der Waals surface area contributed by atoms with Crippen LogP contribution in [-0.2, 0) is 0 Å². The summed E-state index contributed by atoms with van der Waals surface area (Å²) in [5, 5.41) is 0. The molecule has 2 aliphatic rings. The number of guanidine groups is 2. The third-order valence-electron chi connectivity index (χ3n) is 5.68. The molecule has 1 aliphatic heterocycles. The van der Waals surface area contributed by atoms with E-state index < -0.39 is 5.66 Å². The van der Waals surface area contributed by atoms with Crippen molar-refractivity contribution in [2.24, 2.45) is 21.5 Å². The van der Waals surface area contributed by atoms with Gasteiger partial charge in [-0.15, -0.1) is 0 Å². The van der Waals surface area contributed by atoms with Gasteiger partial charge in [-0.3, -0.25) is 4.90 Å². The highest BCUT2D eigenvalue weighted by Gasteiger charge is 2.42. The molecular formula is C22H27N5O2. The lowest BCUT2D eigenvalue weighted by Gasteiger charge is -2.45. The number of anilines is 1. The van der Waals surface area contributed by atoms with Crippen molar-refractivity contribution in [3.05, 3.63) is 42.5 Å². The molecule has 7 nitrogen and oxygen atoms in total. The zero-order valence-electron chi connectivity index (χ0n) is 16.9. The maximum Gasteiger partial charge on any atom is 0.220 e. The molecule has 4 rings (SSSR count). The Balaban J connectivity index is 1.78. The monoisotopic (exact) mass is 393 g/mol. The predicted octanol–water partition coefficient (Wildman–Crippen LogP) is 3.48. The van der Waals surface area contributed by atoms with Gasteiger partial charge in [-0.2, -0.15) is 4.99 Å². The van der Waals surface area contributed by atoms with Crippen molar-refractivity contribution in [2.45, 2.75) is 37.8 Å². The molecule has 0 amide bonds. The summed E-state index contributed by atoms with van der Waals surface area (Å²) in [4.78, 5) is 11.1. The van der Waals surface area contributed by atoms with E-state index in [1.165, 1.54) is 6.42 Å². The van der Waals surface area contributed by atoms with Gasteiger partial charge in [-0.25, -0.2) is 4.99 Å². The van der Waals surface area contributed by atoms with Crippen LogP contribution in [0.1, 0.15) is 32.1 Å². The Labute approximate surface area is 171 Å². The van der Waals surface area contributed by atoms with E-state index in [1.54, 1.807) is 14.2 Å². The van der Waals surface area contributed by atoms with E-state index >= 15 is 0 Å². The first kappa shape index (κ1) is 19.1. The van der Waals surface area contributed by atoms with Crippen LogP contribution in [0.25, 0.3) is 11.1 Å². The summed E-state index contributed by atoms with van der Waals surface area (Å²) < 4.78 is 10.9. The Kier molecular flexibility index (Phi) is 5.05.